The molecule has 46 heavy (non-hydrogen) atoms. The molecule has 1 aromatic rings. The van der Waals surface area contributed by atoms with E-state index in [1.807, 2.05) is 0 Å². The molecule has 0 aromatic heterocycles. The molecule has 0 aliphatic heterocycles. The van der Waals surface area contributed by atoms with Crippen LogP contribution in [0.2, 0.25) is 0 Å². The second kappa shape index (κ2) is 12.5. The SMILES string of the molecule is CCOC(=O)CNC(=O)NCC#Cc1ccc([C@H]2C[C@@]3(C)C(CC[C@@]3(O)C(F)(F)C(F)(F)F)C3CCC4=CC(=O)CCC4=C32)cc1. The predicted octanol–water partition coefficient (Wildman–Crippen LogP) is 5.73. The van der Waals surface area contributed by atoms with Gasteiger partial charge in [-0.1, -0.05) is 36.5 Å². The Morgan fingerprint density at radius 3 is 2.46 bits per heavy atom. The monoisotopic (exact) mass is 648 g/mol. The highest BCUT2D eigenvalue weighted by molar-refractivity contribution is 5.93. The van der Waals surface area contributed by atoms with Gasteiger partial charge in [-0.2, -0.15) is 22.0 Å². The van der Waals surface area contributed by atoms with Crippen LogP contribution in [0.4, 0.5) is 26.7 Å². The lowest BCUT2D eigenvalue weighted by Gasteiger charge is -2.56. The largest absolute Gasteiger partial charge is 0.465 e. The number of urea groups is 1. The number of ketones is 1. The van der Waals surface area contributed by atoms with Crippen LogP contribution < -0.4 is 10.6 Å². The molecule has 5 atom stereocenters. The third kappa shape index (κ3) is 5.83. The van der Waals surface area contributed by atoms with Gasteiger partial charge in [0.2, 0.25) is 0 Å². The van der Waals surface area contributed by atoms with E-state index in [9.17, 15) is 32.7 Å². The highest BCUT2D eigenvalue weighted by atomic mass is 19.4. The van der Waals surface area contributed by atoms with Gasteiger partial charge in [0.15, 0.2) is 5.78 Å². The third-order valence-corrected chi connectivity index (χ3v) is 10.3. The van der Waals surface area contributed by atoms with Gasteiger partial charge in [0, 0.05) is 23.3 Å². The molecular formula is C34H37F5N2O5. The molecule has 0 radical (unpaired) electrons. The number of allylic oxidation sites excluding steroid dienone is 4. The lowest BCUT2D eigenvalue weighted by Crippen LogP contribution is -2.65. The highest BCUT2D eigenvalue weighted by Gasteiger charge is 2.79. The summed E-state index contributed by atoms with van der Waals surface area (Å²) < 4.78 is 76.4. The van der Waals surface area contributed by atoms with Crippen LogP contribution in [0.1, 0.15) is 75.8 Å². The number of hydrogen-bond acceptors (Lipinski definition) is 5. The van der Waals surface area contributed by atoms with Crippen LogP contribution in [0, 0.1) is 29.1 Å². The van der Waals surface area contributed by atoms with Gasteiger partial charge in [0.1, 0.15) is 12.1 Å². The van der Waals surface area contributed by atoms with Crippen molar-refractivity contribution < 1.29 is 46.2 Å². The van der Waals surface area contributed by atoms with E-state index in [0.29, 0.717) is 36.8 Å². The average Bonchev–Trinajstić information content (AvgIpc) is 3.28. The van der Waals surface area contributed by atoms with Gasteiger partial charge in [-0.05, 0) is 92.2 Å². The first-order chi connectivity index (χ1) is 21.6. The van der Waals surface area contributed by atoms with E-state index < -0.39 is 53.4 Å². The summed E-state index contributed by atoms with van der Waals surface area (Å²) in [6, 6.07) is 6.37. The normalized spacial score (nSPS) is 29.0. The molecule has 7 nitrogen and oxygen atoms in total. The van der Waals surface area contributed by atoms with Crippen molar-refractivity contribution in [2.24, 2.45) is 17.3 Å². The summed E-state index contributed by atoms with van der Waals surface area (Å²) in [5.74, 6) is -1.56. The van der Waals surface area contributed by atoms with Gasteiger partial charge >= 0.3 is 24.1 Å². The van der Waals surface area contributed by atoms with Gasteiger partial charge < -0.3 is 20.5 Å². The molecule has 0 saturated heterocycles. The van der Waals surface area contributed by atoms with Crippen LogP contribution in [0.5, 0.6) is 0 Å². The van der Waals surface area contributed by atoms with E-state index in [-0.39, 0.29) is 44.2 Å². The maximum atomic E-state index is 15.2. The van der Waals surface area contributed by atoms with Gasteiger partial charge in [-0.15, -0.1) is 0 Å². The van der Waals surface area contributed by atoms with Gasteiger partial charge in [0.05, 0.1) is 13.2 Å². The summed E-state index contributed by atoms with van der Waals surface area (Å²) in [6.45, 7) is 2.94. The van der Waals surface area contributed by atoms with E-state index in [0.717, 1.165) is 16.7 Å². The Kier molecular flexibility index (Phi) is 9.12. The van der Waals surface area contributed by atoms with Crippen LogP contribution in [0.25, 0.3) is 0 Å². The van der Waals surface area contributed by atoms with E-state index in [1.165, 1.54) is 6.92 Å². The van der Waals surface area contributed by atoms with E-state index in [4.69, 9.17) is 4.74 Å². The molecule has 2 unspecified atom stereocenters. The third-order valence-electron chi connectivity index (χ3n) is 10.3. The zero-order chi connectivity index (χ0) is 33.5. The Hall–Kier alpha value is -3.72. The Bertz CT molecular complexity index is 1520. The molecule has 12 heteroatoms. The number of amides is 2. The van der Waals surface area contributed by atoms with E-state index in [2.05, 4.69) is 22.5 Å². The van der Waals surface area contributed by atoms with Crippen molar-refractivity contribution in [3.05, 3.63) is 58.2 Å². The number of carbonyl (C=O) groups excluding carboxylic acids is 3. The number of nitrogens with one attached hydrogen (secondary N) is 2. The van der Waals surface area contributed by atoms with Crippen molar-refractivity contribution in [1.82, 2.24) is 10.6 Å². The van der Waals surface area contributed by atoms with Crippen LogP contribution in [-0.2, 0) is 14.3 Å². The number of alkyl halides is 5. The summed E-state index contributed by atoms with van der Waals surface area (Å²) in [7, 11) is 0. The maximum Gasteiger partial charge on any atom is 0.456 e. The van der Waals surface area contributed by atoms with Crippen molar-refractivity contribution in [3.8, 4) is 11.8 Å². The number of rotatable bonds is 6. The second-order valence-corrected chi connectivity index (χ2v) is 12.7. The average molecular weight is 649 g/mol. The Balaban J connectivity index is 1.43. The summed E-state index contributed by atoms with van der Waals surface area (Å²) in [6.07, 6.45) is -3.14. The molecule has 5 rings (SSSR count). The Labute approximate surface area is 264 Å². The minimum atomic E-state index is -5.91. The smallest absolute Gasteiger partial charge is 0.456 e. The van der Waals surface area contributed by atoms with Crippen LogP contribution in [0.15, 0.2) is 47.1 Å². The van der Waals surface area contributed by atoms with Crippen LogP contribution in [0.3, 0.4) is 0 Å². The van der Waals surface area contributed by atoms with Gasteiger partial charge in [-0.25, -0.2) is 4.79 Å². The summed E-state index contributed by atoms with van der Waals surface area (Å²) >= 11 is 0. The Morgan fingerprint density at radius 2 is 1.78 bits per heavy atom. The maximum absolute atomic E-state index is 15.2. The molecule has 248 valence electrons. The fourth-order valence-corrected chi connectivity index (χ4v) is 8.21. The molecule has 2 amide bonds. The van der Waals surface area contributed by atoms with Crippen molar-refractivity contribution in [2.45, 2.75) is 82.4 Å². The minimum absolute atomic E-state index is 0.0173. The van der Waals surface area contributed by atoms with Gasteiger partial charge in [-0.3, -0.25) is 9.59 Å². The standard InChI is InChI=1S/C34H37F5N2O5/c1-3-46-28(43)19-41-30(44)40-16-4-5-20-6-8-21(9-7-20)26-18-31(2)27(14-15-32(31,45)33(35,36)34(37,38)39)25-12-10-22-17-23(42)11-13-24(22)29(25)26/h6-9,17,25-27,45H,3,10-16,18-19H2,1-2H3,(H2,40,41,44)/t25?,26-,27?,31+,32+/m1/s1. The molecule has 1 aromatic carbocycles. The predicted molar refractivity (Wildman–Crippen MR) is 158 cm³/mol. The minimum Gasteiger partial charge on any atom is -0.465 e. The molecule has 0 bridgehead atoms. The van der Waals surface area contributed by atoms with Gasteiger partial charge in [0.25, 0.3) is 0 Å². The molecule has 0 heterocycles. The summed E-state index contributed by atoms with van der Waals surface area (Å²) in [4.78, 5) is 35.4. The lowest BCUT2D eigenvalue weighted by atomic mass is 9.50. The number of hydrogen-bond donors (Lipinski definition) is 3. The molecular weight excluding hydrogens is 611 g/mol. The number of carbonyl (C=O) groups is 3. The number of benzene rings is 1. The zero-order valence-corrected chi connectivity index (χ0v) is 25.7. The molecule has 2 fully saturated rings. The van der Waals surface area contributed by atoms with E-state index in [1.54, 1.807) is 37.3 Å². The first-order valence-electron chi connectivity index (χ1n) is 15.5. The number of esters is 1. The fourth-order valence-electron chi connectivity index (χ4n) is 8.21. The van der Waals surface area contributed by atoms with Crippen molar-refractivity contribution in [3.63, 3.8) is 0 Å². The molecule has 3 N–H and O–H groups in total. The molecule has 4 aliphatic carbocycles. The Morgan fingerprint density at radius 1 is 1.07 bits per heavy atom. The first kappa shape index (κ1) is 33.6. The van der Waals surface area contributed by atoms with Crippen LogP contribution in [-0.4, -0.2) is 60.3 Å². The van der Waals surface area contributed by atoms with Crippen molar-refractivity contribution in [1.29, 1.82) is 0 Å². The first-order valence-corrected chi connectivity index (χ1v) is 15.5. The number of fused-ring (bicyclic) bond motifs is 4. The number of ether oxygens (including phenoxy) is 1. The fraction of sp³-hybridized carbons (Fsp3) is 0.559. The molecule has 2 saturated carbocycles. The number of halogens is 5. The molecule has 4 aliphatic rings. The second-order valence-electron chi connectivity index (χ2n) is 12.7. The molecule has 0 spiro atoms. The zero-order valence-electron chi connectivity index (χ0n) is 25.7. The highest BCUT2D eigenvalue weighted by Crippen LogP contribution is 2.70. The summed E-state index contributed by atoms with van der Waals surface area (Å²) in [5.41, 5.74) is -0.809. The topological polar surface area (TPSA) is 105 Å². The quantitative estimate of drug-likeness (QED) is 0.208. The van der Waals surface area contributed by atoms with E-state index >= 15 is 8.78 Å². The number of aliphatic hydroxyl groups is 1. The lowest BCUT2D eigenvalue weighted by molar-refractivity contribution is -0.362. The van der Waals surface area contributed by atoms with Crippen molar-refractivity contribution >= 4 is 17.8 Å². The summed E-state index contributed by atoms with van der Waals surface area (Å²) in [5, 5.41) is 16.3. The van der Waals surface area contributed by atoms with Crippen molar-refractivity contribution in [2.75, 3.05) is 19.7 Å². The van der Waals surface area contributed by atoms with Crippen LogP contribution >= 0.6 is 0 Å².